The zero-order valence-electron chi connectivity index (χ0n) is 11.2. The number of ether oxygens (including phenoxy) is 2. The zero-order chi connectivity index (χ0) is 12.6. The maximum absolute atomic E-state index is 5.40. The average Bonchev–Trinajstić information content (AvgIpc) is 2.31. The van der Waals surface area contributed by atoms with E-state index < -0.39 is 0 Å². The molecule has 0 aliphatic rings. The first-order valence-corrected chi connectivity index (χ1v) is 6.28. The van der Waals surface area contributed by atoms with E-state index in [2.05, 4.69) is 37.3 Å². The molecule has 0 fully saturated rings. The Morgan fingerprint density at radius 2 is 1.59 bits per heavy atom. The molecule has 0 unspecified atom stereocenters. The molecule has 2 heteroatoms. The molecule has 0 amide bonds. The summed E-state index contributed by atoms with van der Waals surface area (Å²) in [7, 11) is 3.54. The summed E-state index contributed by atoms with van der Waals surface area (Å²) in [4.78, 5) is 0. The van der Waals surface area contributed by atoms with Crippen LogP contribution in [0.3, 0.4) is 0 Å². The summed E-state index contributed by atoms with van der Waals surface area (Å²) >= 11 is 0. The number of methoxy groups -OCH3 is 2. The molecule has 0 radical (unpaired) electrons. The Hall–Kier alpha value is -0.860. The van der Waals surface area contributed by atoms with Gasteiger partial charge in [-0.25, -0.2) is 0 Å². The van der Waals surface area contributed by atoms with Crippen LogP contribution in [-0.2, 0) is 15.9 Å². The number of rotatable bonds is 8. The fourth-order valence-electron chi connectivity index (χ4n) is 2.55. The van der Waals surface area contributed by atoms with E-state index in [-0.39, 0.29) is 5.41 Å². The van der Waals surface area contributed by atoms with E-state index in [0.29, 0.717) is 0 Å². The summed E-state index contributed by atoms with van der Waals surface area (Å²) in [6.07, 6.45) is 3.30. The first-order chi connectivity index (χ1) is 8.26. The van der Waals surface area contributed by atoms with Gasteiger partial charge in [-0.3, -0.25) is 0 Å². The van der Waals surface area contributed by atoms with Crippen molar-refractivity contribution in [1.29, 1.82) is 0 Å². The summed E-state index contributed by atoms with van der Waals surface area (Å²) in [5.41, 5.74) is 1.47. The van der Waals surface area contributed by atoms with Gasteiger partial charge in [-0.2, -0.15) is 0 Å². The van der Waals surface area contributed by atoms with Crippen LogP contribution in [0.2, 0.25) is 0 Å². The maximum atomic E-state index is 5.40. The highest BCUT2D eigenvalue weighted by Gasteiger charge is 2.29. The zero-order valence-corrected chi connectivity index (χ0v) is 11.2. The van der Waals surface area contributed by atoms with Crippen LogP contribution in [-0.4, -0.2) is 27.4 Å². The van der Waals surface area contributed by atoms with Crippen molar-refractivity contribution in [3.63, 3.8) is 0 Å². The highest BCUT2D eigenvalue weighted by molar-refractivity contribution is 5.16. The van der Waals surface area contributed by atoms with Crippen LogP contribution in [0.25, 0.3) is 0 Å². The standard InChI is InChI=1S/C15H24O2/c1-4-10-15(12-16-2,13-17-3)11-14-8-6-5-7-9-14/h5-9H,4,10-13H2,1-3H3. The Balaban J connectivity index is 2.80. The second-order valence-corrected chi connectivity index (χ2v) is 4.78. The van der Waals surface area contributed by atoms with E-state index >= 15 is 0 Å². The minimum atomic E-state index is 0.111. The third kappa shape index (κ3) is 4.49. The third-order valence-electron chi connectivity index (χ3n) is 3.10. The lowest BCUT2D eigenvalue weighted by molar-refractivity contribution is 0.00400. The molecule has 0 aliphatic heterocycles. The van der Waals surface area contributed by atoms with Crippen LogP contribution in [0.5, 0.6) is 0 Å². The van der Waals surface area contributed by atoms with Gasteiger partial charge in [-0.1, -0.05) is 43.7 Å². The van der Waals surface area contributed by atoms with Gasteiger partial charge < -0.3 is 9.47 Å². The lowest BCUT2D eigenvalue weighted by atomic mass is 9.79. The topological polar surface area (TPSA) is 18.5 Å². The van der Waals surface area contributed by atoms with Crippen molar-refractivity contribution in [3.8, 4) is 0 Å². The summed E-state index contributed by atoms with van der Waals surface area (Å²) in [5, 5.41) is 0. The summed E-state index contributed by atoms with van der Waals surface area (Å²) in [6, 6.07) is 10.6. The molecule has 0 bridgehead atoms. The Labute approximate surface area is 105 Å². The van der Waals surface area contributed by atoms with Crippen molar-refractivity contribution < 1.29 is 9.47 Å². The molecule has 96 valence electrons. The van der Waals surface area contributed by atoms with Gasteiger partial charge in [0.25, 0.3) is 0 Å². The van der Waals surface area contributed by atoms with Crippen LogP contribution in [0.15, 0.2) is 30.3 Å². The van der Waals surface area contributed by atoms with Crippen molar-refractivity contribution in [1.82, 2.24) is 0 Å². The third-order valence-corrected chi connectivity index (χ3v) is 3.10. The molecule has 0 N–H and O–H groups in total. The molecular weight excluding hydrogens is 212 g/mol. The fourth-order valence-corrected chi connectivity index (χ4v) is 2.55. The smallest absolute Gasteiger partial charge is 0.0543 e. The van der Waals surface area contributed by atoms with Gasteiger partial charge in [-0.15, -0.1) is 0 Å². The molecule has 1 rings (SSSR count). The van der Waals surface area contributed by atoms with Gasteiger partial charge in [0, 0.05) is 19.6 Å². The number of hydrogen-bond donors (Lipinski definition) is 0. The van der Waals surface area contributed by atoms with Crippen LogP contribution in [0.1, 0.15) is 25.3 Å². The van der Waals surface area contributed by atoms with Gasteiger partial charge in [0.2, 0.25) is 0 Å². The predicted molar refractivity (Wildman–Crippen MR) is 71.2 cm³/mol. The van der Waals surface area contributed by atoms with Crippen LogP contribution in [0.4, 0.5) is 0 Å². The van der Waals surface area contributed by atoms with Crippen LogP contribution >= 0.6 is 0 Å². The molecule has 2 nitrogen and oxygen atoms in total. The van der Waals surface area contributed by atoms with E-state index in [0.717, 1.165) is 32.5 Å². The van der Waals surface area contributed by atoms with Crippen LogP contribution < -0.4 is 0 Å². The normalized spacial score (nSPS) is 11.7. The Morgan fingerprint density at radius 3 is 2.06 bits per heavy atom. The first-order valence-electron chi connectivity index (χ1n) is 6.28. The molecule has 1 aromatic rings. The molecule has 0 aliphatic carbocycles. The molecule has 1 aromatic carbocycles. The van der Waals surface area contributed by atoms with E-state index in [1.165, 1.54) is 5.56 Å². The van der Waals surface area contributed by atoms with Gasteiger partial charge in [-0.05, 0) is 18.4 Å². The lowest BCUT2D eigenvalue weighted by Crippen LogP contribution is -2.34. The van der Waals surface area contributed by atoms with Crippen molar-refractivity contribution in [2.45, 2.75) is 26.2 Å². The first kappa shape index (κ1) is 14.2. The maximum Gasteiger partial charge on any atom is 0.0543 e. The van der Waals surface area contributed by atoms with Crippen molar-refractivity contribution in [2.75, 3.05) is 27.4 Å². The number of hydrogen-bond acceptors (Lipinski definition) is 2. The summed E-state index contributed by atoms with van der Waals surface area (Å²) in [5.74, 6) is 0. The second kappa shape index (κ2) is 7.46. The minimum Gasteiger partial charge on any atom is -0.384 e. The largest absolute Gasteiger partial charge is 0.384 e. The van der Waals surface area contributed by atoms with Gasteiger partial charge in [0.1, 0.15) is 0 Å². The molecule has 0 saturated carbocycles. The molecule has 0 atom stereocenters. The molecule has 17 heavy (non-hydrogen) atoms. The fraction of sp³-hybridized carbons (Fsp3) is 0.600. The van der Waals surface area contributed by atoms with E-state index in [1.54, 1.807) is 14.2 Å². The Morgan fingerprint density at radius 1 is 1.00 bits per heavy atom. The minimum absolute atomic E-state index is 0.111. The Kier molecular flexibility index (Phi) is 6.23. The predicted octanol–water partition coefficient (Wildman–Crippen LogP) is 3.31. The monoisotopic (exact) mass is 236 g/mol. The van der Waals surface area contributed by atoms with E-state index in [4.69, 9.17) is 9.47 Å². The van der Waals surface area contributed by atoms with E-state index in [9.17, 15) is 0 Å². The van der Waals surface area contributed by atoms with Gasteiger partial charge in [0.15, 0.2) is 0 Å². The summed E-state index contributed by atoms with van der Waals surface area (Å²) < 4.78 is 10.8. The second-order valence-electron chi connectivity index (χ2n) is 4.78. The van der Waals surface area contributed by atoms with Gasteiger partial charge in [0.05, 0.1) is 13.2 Å². The molecule has 0 spiro atoms. The van der Waals surface area contributed by atoms with Crippen LogP contribution in [0, 0.1) is 5.41 Å². The molecular formula is C15H24O2. The van der Waals surface area contributed by atoms with Crippen molar-refractivity contribution in [3.05, 3.63) is 35.9 Å². The van der Waals surface area contributed by atoms with Gasteiger partial charge >= 0.3 is 0 Å². The lowest BCUT2D eigenvalue weighted by Gasteiger charge is -2.32. The Bertz CT molecular complexity index is 278. The molecule has 0 heterocycles. The quantitative estimate of drug-likeness (QED) is 0.689. The number of benzene rings is 1. The van der Waals surface area contributed by atoms with E-state index in [1.807, 2.05) is 0 Å². The molecule has 0 saturated heterocycles. The summed E-state index contributed by atoms with van der Waals surface area (Å²) in [6.45, 7) is 3.72. The van der Waals surface area contributed by atoms with Crippen molar-refractivity contribution in [2.24, 2.45) is 5.41 Å². The highest BCUT2D eigenvalue weighted by Crippen LogP contribution is 2.29. The van der Waals surface area contributed by atoms with Crippen molar-refractivity contribution >= 4 is 0 Å². The average molecular weight is 236 g/mol. The highest BCUT2D eigenvalue weighted by atomic mass is 16.5. The molecule has 0 aromatic heterocycles. The SMILES string of the molecule is CCCC(COC)(COC)Cc1ccccc1.